The van der Waals surface area contributed by atoms with E-state index < -0.39 is 35.7 Å². The van der Waals surface area contributed by atoms with Crippen LogP contribution in [0.3, 0.4) is 0 Å². The Bertz CT molecular complexity index is 890. The number of hydrogen-bond acceptors (Lipinski definition) is 7. The van der Waals surface area contributed by atoms with E-state index in [4.69, 9.17) is 14.2 Å². The van der Waals surface area contributed by atoms with Gasteiger partial charge in [0, 0.05) is 38.3 Å². The van der Waals surface area contributed by atoms with Crippen LogP contribution in [-0.2, 0) is 35.1 Å². The monoisotopic (exact) mass is 418 g/mol. The minimum absolute atomic E-state index is 0.115. The number of hydrogen-bond donors (Lipinski definition) is 0. The lowest BCUT2D eigenvalue weighted by atomic mass is 10.1. The Labute approximate surface area is 174 Å². The zero-order valence-electron chi connectivity index (χ0n) is 17.8. The number of anilines is 1. The number of nitrogens with zero attached hydrogens (tertiary/aromatic N) is 2. The summed E-state index contributed by atoms with van der Waals surface area (Å²) in [4.78, 5) is 52.7. The molecule has 2 aliphatic heterocycles. The SMILES string of the molecule is CC(=O)OC(C(=O)OC(C)(C)C)[C@H]1OCCN(c2ccc3c(c2)C(=O)N(C)C3)C1=O. The molecule has 2 heterocycles. The minimum Gasteiger partial charge on any atom is -0.457 e. The number of benzene rings is 1. The van der Waals surface area contributed by atoms with Crippen LogP contribution in [0.15, 0.2) is 18.2 Å². The summed E-state index contributed by atoms with van der Waals surface area (Å²) in [5, 5.41) is 0. The first kappa shape index (κ1) is 21.8. The maximum Gasteiger partial charge on any atom is 0.351 e. The molecule has 0 aromatic heterocycles. The van der Waals surface area contributed by atoms with Crippen LogP contribution in [0.4, 0.5) is 5.69 Å². The maximum absolute atomic E-state index is 13.2. The summed E-state index contributed by atoms with van der Waals surface area (Å²) in [6.07, 6.45) is -2.87. The summed E-state index contributed by atoms with van der Waals surface area (Å²) in [5.74, 6) is -2.25. The average molecular weight is 418 g/mol. The van der Waals surface area contributed by atoms with Gasteiger partial charge in [-0.2, -0.15) is 0 Å². The molecule has 0 saturated carbocycles. The Kier molecular flexibility index (Phi) is 5.85. The number of carbonyl (C=O) groups excluding carboxylic acids is 4. The van der Waals surface area contributed by atoms with E-state index in [9.17, 15) is 19.2 Å². The van der Waals surface area contributed by atoms with E-state index in [1.54, 1.807) is 50.9 Å². The molecular formula is C21H26N2O7. The van der Waals surface area contributed by atoms with Crippen LogP contribution in [0, 0.1) is 0 Å². The first-order valence-electron chi connectivity index (χ1n) is 9.69. The topological polar surface area (TPSA) is 102 Å². The predicted octanol–water partition coefficient (Wildman–Crippen LogP) is 1.28. The minimum atomic E-state index is -1.53. The van der Waals surface area contributed by atoms with Crippen molar-refractivity contribution < 1.29 is 33.4 Å². The van der Waals surface area contributed by atoms with Crippen LogP contribution in [-0.4, -0.2) is 66.7 Å². The zero-order chi connectivity index (χ0) is 22.2. The molecular weight excluding hydrogens is 392 g/mol. The summed E-state index contributed by atoms with van der Waals surface area (Å²) >= 11 is 0. The highest BCUT2D eigenvalue weighted by Gasteiger charge is 2.44. The maximum atomic E-state index is 13.2. The van der Waals surface area contributed by atoms with E-state index >= 15 is 0 Å². The standard InChI is InChI=1S/C21H26N2O7/c1-12(24)29-17(20(27)30-21(2,3)4)16-19(26)23(8-9-28-16)14-7-6-13-11-22(5)18(25)15(13)10-14/h6-7,10,16-17H,8-9,11H2,1-5H3/t16-,17?/m1/s1. The fourth-order valence-electron chi connectivity index (χ4n) is 3.45. The molecule has 1 fully saturated rings. The Morgan fingerprint density at radius 1 is 1.23 bits per heavy atom. The predicted molar refractivity (Wildman–Crippen MR) is 106 cm³/mol. The molecule has 2 atom stereocenters. The van der Waals surface area contributed by atoms with Crippen molar-refractivity contribution in [2.24, 2.45) is 0 Å². The number of ether oxygens (including phenoxy) is 3. The second kappa shape index (κ2) is 8.06. The lowest BCUT2D eigenvalue weighted by Crippen LogP contribution is -2.56. The fourth-order valence-corrected chi connectivity index (χ4v) is 3.45. The average Bonchev–Trinajstić information content (AvgIpc) is 2.92. The largest absolute Gasteiger partial charge is 0.457 e. The van der Waals surface area contributed by atoms with Gasteiger partial charge in [0.25, 0.3) is 11.8 Å². The summed E-state index contributed by atoms with van der Waals surface area (Å²) in [5.41, 5.74) is 1.10. The second-order valence-electron chi connectivity index (χ2n) is 8.35. The highest BCUT2D eigenvalue weighted by Crippen LogP contribution is 2.29. The number of rotatable bonds is 4. The molecule has 0 bridgehead atoms. The third-order valence-electron chi connectivity index (χ3n) is 4.72. The number of carbonyl (C=O) groups is 4. The van der Waals surface area contributed by atoms with Crippen LogP contribution >= 0.6 is 0 Å². The Hall–Kier alpha value is -2.94. The lowest BCUT2D eigenvalue weighted by Gasteiger charge is -2.35. The molecule has 9 nitrogen and oxygen atoms in total. The van der Waals surface area contributed by atoms with Gasteiger partial charge < -0.3 is 24.0 Å². The molecule has 9 heteroatoms. The molecule has 0 aliphatic carbocycles. The molecule has 2 aliphatic rings. The van der Waals surface area contributed by atoms with Crippen molar-refractivity contribution in [2.45, 2.75) is 52.0 Å². The Morgan fingerprint density at radius 2 is 1.93 bits per heavy atom. The van der Waals surface area contributed by atoms with Crippen molar-refractivity contribution in [1.29, 1.82) is 0 Å². The smallest absolute Gasteiger partial charge is 0.351 e. The first-order valence-corrected chi connectivity index (χ1v) is 9.69. The first-order chi connectivity index (χ1) is 14.0. The van der Waals surface area contributed by atoms with Crippen molar-refractivity contribution in [3.63, 3.8) is 0 Å². The van der Waals surface area contributed by atoms with Gasteiger partial charge in [0.05, 0.1) is 6.61 Å². The quantitative estimate of drug-likeness (QED) is 0.679. The van der Waals surface area contributed by atoms with Gasteiger partial charge in [-0.1, -0.05) is 6.07 Å². The number of esters is 2. The molecule has 30 heavy (non-hydrogen) atoms. The third kappa shape index (κ3) is 4.46. The van der Waals surface area contributed by atoms with Crippen molar-refractivity contribution in [2.75, 3.05) is 25.1 Å². The summed E-state index contributed by atoms with van der Waals surface area (Å²) in [6.45, 7) is 7.03. The van der Waals surface area contributed by atoms with E-state index in [0.29, 0.717) is 17.8 Å². The van der Waals surface area contributed by atoms with Gasteiger partial charge in [-0.3, -0.25) is 14.4 Å². The molecule has 162 valence electrons. The van der Waals surface area contributed by atoms with Crippen molar-refractivity contribution in [3.05, 3.63) is 29.3 Å². The van der Waals surface area contributed by atoms with Gasteiger partial charge in [-0.05, 0) is 38.5 Å². The van der Waals surface area contributed by atoms with Gasteiger partial charge in [0.1, 0.15) is 5.60 Å². The summed E-state index contributed by atoms with van der Waals surface area (Å²) in [6, 6.07) is 5.22. The zero-order valence-corrected chi connectivity index (χ0v) is 17.8. The van der Waals surface area contributed by atoms with Gasteiger partial charge in [0.15, 0.2) is 6.10 Å². The van der Waals surface area contributed by atoms with E-state index in [-0.39, 0.29) is 19.1 Å². The van der Waals surface area contributed by atoms with Crippen LogP contribution < -0.4 is 4.90 Å². The van der Waals surface area contributed by atoms with Crippen molar-refractivity contribution in [3.8, 4) is 0 Å². The van der Waals surface area contributed by atoms with Crippen LogP contribution in [0.1, 0.15) is 43.6 Å². The van der Waals surface area contributed by atoms with E-state index in [1.807, 2.05) is 0 Å². The molecule has 1 unspecified atom stereocenters. The molecule has 1 saturated heterocycles. The normalized spacial score (nSPS) is 20.1. The summed E-state index contributed by atoms with van der Waals surface area (Å²) < 4.78 is 16.0. The van der Waals surface area contributed by atoms with Crippen LogP contribution in [0.25, 0.3) is 0 Å². The highest BCUT2D eigenvalue weighted by atomic mass is 16.6. The summed E-state index contributed by atoms with van der Waals surface area (Å²) in [7, 11) is 1.71. The van der Waals surface area contributed by atoms with E-state index in [0.717, 1.165) is 12.5 Å². The molecule has 0 radical (unpaired) electrons. The van der Waals surface area contributed by atoms with Gasteiger partial charge in [-0.15, -0.1) is 0 Å². The lowest BCUT2D eigenvalue weighted by molar-refractivity contribution is -0.188. The molecule has 0 spiro atoms. The van der Waals surface area contributed by atoms with Gasteiger partial charge in [-0.25, -0.2) is 4.79 Å². The van der Waals surface area contributed by atoms with Crippen molar-refractivity contribution >= 4 is 29.4 Å². The van der Waals surface area contributed by atoms with Gasteiger partial charge >= 0.3 is 11.9 Å². The van der Waals surface area contributed by atoms with E-state index in [1.165, 1.54) is 4.90 Å². The van der Waals surface area contributed by atoms with Crippen LogP contribution in [0.5, 0.6) is 0 Å². The Morgan fingerprint density at radius 3 is 2.57 bits per heavy atom. The molecule has 1 aromatic rings. The van der Waals surface area contributed by atoms with E-state index in [2.05, 4.69) is 0 Å². The van der Waals surface area contributed by atoms with Crippen LogP contribution in [0.2, 0.25) is 0 Å². The molecule has 1 aromatic carbocycles. The van der Waals surface area contributed by atoms with Gasteiger partial charge in [0.2, 0.25) is 6.10 Å². The fraction of sp³-hybridized carbons (Fsp3) is 0.524. The highest BCUT2D eigenvalue weighted by molar-refractivity contribution is 6.03. The molecule has 3 rings (SSSR count). The second-order valence-corrected chi connectivity index (χ2v) is 8.35. The number of morpholine rings is 1. The molecule has 2 amide bonds. The number of amides is 2. The Balaban J connectivity index is 1.87. The molecule has 0 N–H and O–H groups in total. The number of fused-ring (bicyclic) bond motifs is 1. The third-order valence-corrected chi connectivity index (χ3v) is 4.72. The van der Waals surface area contributed by atoms with Crippen molar-refractivity contribution in [1.82, 2.24) is 4.90 Å².